The highest BCUT2D eigenvalue weighted by Crippen LogP contribution is 2.15. The molecule has 2 amide bonds. The lowest BCUT2D eigenvalue weighted by Crippen LogP contribution is -2.41. The molecular formula is C15H26F3N5O2. The standard InChI is InChI=1S/C15H26F3N5O2/c1-3-19-14(20-7-5-9-23-8-4-6-12(23)24)21-10-13(25)22(2)11-15(16,17)18/h3-11H2,1-2H3,(H2,19,20,21). The van der Waals surface area contributed by atoms with Crippen LogP contribution in [0.3, 0.4) is 0 Å². The summed E-state index contributed by atoms with van der Waals surface area (Å²) in [5, 5.41) is 5.94. The van der Waals surface area contributed by atoms with Crippen molar-refractivity contribution in [1.82, 2.24) is 20.4 Å². The van der Waals surface area contributed by atoms with E-state index in [1.165, 1.54) is 0 Å². The molecule has 1 saturated heterocycles. The molecule has 0 aromatic heterocycles. The topological polar surface area (TPSA) is 77.0 Å². The maximum atomic E-state index is 12.3. The first-order chi connectivity index (χ1) is 11.7. The molecule has 0 bridgehead atoms. The first-order valence-electron chi connectivity index (χ1n) is 8.33. The molecule has 2 N–H and O–H groups in total. The lowest BCUT2D eigenvalue weighted by atomic mass is 10.4. The molecule has 0 aromatic carbocycles. The van der Waals surface area contributed by atoms with Crippen LogP contribution in [0.15, 0.2) is 4.99 Å². The minimum atomic E-state index is -4.43. The summed E-state index contributed by atoms with van der Waals surface area (Å²) in [6.07, 6.45) is -2.21. The van der Waals surface area contributed by atoms with Crippen LogP contribution in [0.2, 0.25) is 0 Å². The third-order valence-corrected chi connectivity index (χ3v) is 3.63. The molecule has 0 radical (unpaired) electrons. The third-order valence-electron chi connectivity index (χ3n) is 3.63. The van der Waals surface area contributed by atoms with Gasteiger partial charge in [0, 0.05) is 39.6 Å². The summed E-state index contributed by atoms with van der Waals surface area (Å²) in [5.41, 5.74) is 0. The van der Waals surface area contributed by atoms with E-state index in [0.717, 1.165) is 26.4 Å². The van der Waals surface area contributed by atoms with Crippen LogP contribution in [0.4, 0.5) is 13.2 Å². The Balaban J connectivity index is 2.37. The Morgan fingerprint density at radius 2 is 2.08 bits per heavy atom. The number of likely N-dealkylation sites (tertiary alicyclic amines) is 1. The zero-order chi connectivity index (χ0) is 18.9. The fourth-order valence-electron chi connectivity index (χ4n) is 2.38. The van der Waals surface area contributed by atoms with Gasteiger partial charge in [-0.1, -0.05) is 0 Å². The number of aliphatic imine (C=N–C) groups is 1. The molecule has 25 heavy (non-hydrogen) atoms. The molecule has 0 aromatic rings. The fraction of sp³-hybridized carbons (Fsp3) is 0.800. The Morgan fingerprint density at radius 1 is 1.36 bits per heavy atom. The lowest BCUT2D eigenvalue weighted by molar-refractivity contribution is -0.157. The van der Waals surface area contributed by atoms with Gasteiger partial charge in [-0.05, 0) is 19.8 Å². The van der Waals surface area contributed by atoms with Crippen molar-refractivity contribution >= 4 is 17.8 Å². The second-order valence-corrected chi connectivity index (χ2v) is 5.82. The van der Waals surface area contributed by atoms with E-state index >= 15 is 0 Å². The van der Waals surface area contributed by atoms with Crippen LogP contribution in [0.25, 0.3) is 0 Å². The number of likely N-dealkylation sites (N-methyl/N-ethyl adjacent to an activating group) is 1. The summed E-state index contributed by atoms with van der Waals surface area (Å²) in [7, 11) is 1.10. The predicted octanol–water partition coefficient (Wildman–Crippen LogP) is 0.575. The van der Waals surface area contributed by atoms with Crippen molar-refractivity contribution < 1.29 is 22.8 Å². The Kier molecular flexibility index (Phi) is 8.50. The molecule has 1 rings (SSSR count). The van der Waals surface area contributed by atoms with E-state index in [2.05, 4.69) is 15.6 Å². The molecule has 7 nitrogen and oxygen atoms in total. The Hall–Kier alpha value is -2.00. The number of nitrogens with zero attached hydrogens (tertiary/aromatic N) is 3. The van der Waals surface area contributed by atoms with Gasteiger partial charge in [0.2, 0.25) is 11.8 Å². The third kappa shape index (κ3) is 8.59. The summed E-state index contributed by atoms with van der Waals surface area (Å²) in [5.74, 6) is -0.180. The van der Waals surface area contributed by atoms with Crippen LogP contribution in [-0.2, 0) is 9.59 Å². The molecule has 0 saturated carbocycles. The average molecular weight is 365 g/mol. The summed E-state index contributed by atoms with van der Waals surface area (Å²) >= 11 is 0. The van der Waals surface area contributed by atoms with Crippen molar-refractivity contribution in [3.05, 3.63) is 0 Å². The monoisotopic (exact) mass is 365 g/mol. The minimum Gasteiger partial charge on any atom is -0.357 e. The second kappa shape index (κ2) is 10.1. The van der Waals surface area contributed by atoms with Crippen LogP contribution < -0.4 is 10.6 Å². The van der Waals surface area contributed by atoms with E-state index in [9.17, 15) is 22.8 Å². The van der Waals surface area contributed by atoms with E-state index < -0.39 is 18.6 Å². The van der Waals surface area contributed by atoms with Crippen LogP contribution >= 0.6 is 0 Å². The van der Waals surface area contributed by atoms with Crippen LogP contribution in [-0.4, -0.2) is 80.1 Å². The highest BCUT2D eigenvalue weighted by molar-refractivity contribution is 5.84. The lowest BCUT2D eigenvalue weighted by Gasteiger charge is -2.19. The van der Waals surface area contributed by atoms with Gasteiger partial charge in [-0.25, -0.2) is 4.99 Å². The summed E-state index contributed by atoms with van der Waals surface area (Å²) in [6, 6.07) is 0. The van der Waals surface area contributed by atoms with Crippen molar-refractivity contribution in [3.63, 3.8) is 0 Å². The minimum absolute atomic E-state index is 0.166. The quantitative estimate of drug-likeness (QED) is 0.375. The summed E-state index contributed by atoms with van der Waals surface area (Å²) in [6.45, 7) is 2.72. The molecule has 0 unspecified atom stereocenters. The number of carbonyl (C=O) groups is 2. The smallest absolute Gasteiger partial charge is 0.357 e. The molecule has 0 atom stereocenters. The number of carbonyl (C=O) groups excluding carboxylic acids is 2. The highest BCUT2D eigenvalue weighted by Gasteiger charge is 2.31. The van der Waals surface area contributed by atoms with Gasteiger partial charge in [0.25, 0.3) is 0 Å². The second-order valence-electron chi connectivity index (χ2n) is 5.82. The van der Waals surface area contributed by atoms with Crippen molar-refractivity contribution in [3.8, 4) is 0 Å². The average Bonchev–Trinajstić information content (AvgIpc) is 2.92. The maximum absolute atomic E-state index is 12.3. The molecule has 0 aliphatic carbocycles. The van der Waals surface area contributed by atoms with Crippen molar-refractivity contribution in [2.75, 3.05) is 46.3 Å². The number of nitrogens with one attached hydrogen (secondary N) is 2. The first kappa shape index (κ1) is 21.0. The molecule has 1 heterocycles. The fourth-order valence-corrected chi connectivity index (χ4v) is 2.38. The number of hydrogen-bond donors (Lipinski definition) is 2. The zero-order valence-electron chi connectivity index (χ0n) is 14.7. The van der Waals surface area contributed by atoms with E-state index in [1.807, 2.05) is 6.92 Å². The number of alkyl halides is 3. The van der Waals surface area contributed by atoms with E-state index in [4.69, 9.17) is 0 Å². The normalized spacial score (nSPS) is 15.5. The molecule has 1 fully saturated rings. The van der Waals surface area contributed by atoms with Crippen LogP contribution in [0.5, 0.6) is 0 Å². The number of rotatable bonds is 8. The summed E-state index contributed by atoms with van der Waals surface area (Å²) in [4.78, 5) is 29.6. The molecule has 0 spiro atoms. The van der Waals surface area contributed by atoms with E-state index in [1.54, 1.807) is 4.90 Å². The van der Waals surface area contributed by atoms with Gasteiger partial charge in [0.1, 0.15) is 13.1 Å². The van der Waals surface area contributed by atoms with Crippen LogP contribution in [0.1, 0.15) is 26.2 Å². The Labute approximate surface area is 145 Å². The van der Waals surface area contributed by atoms with Gasteiger partial charge in [-0.2, -0.15) is 13.2 Å². The number of halogens is 3. The molecular weight excluding hydrogens is 339 g/mol. The molecule has 1 aliphatic heterocycles. The van der Waals surface area contributed by atoms with Gasteiger partial charge in [-0.15, -0.1) is 0 Å². The van der Waals surface area contributed by atoms with E-state index in [-0.39, 0.29) is 12.5 Å². The SMILES string of the molecule is CCNC(=NCC(=O)N(C)CC(F)(F)F)NCCCN1CCCC1=O. The number of hydrogen-bond acceptors (Lipinski definition) is 3. The van der Waals surface area contributed by atoms with Gasteiger partial charge < -0.3 is 20.4 Å². The van der Waals surface area contributed by atoms with Gasteiger partial charge in [-0.3, -0.25) is 9.59 Å². The van der Waals surface area contributed by atoms with Gasteiger partial charge in [0.05, 0.1) is 0 Å². The Morgan fingerprint density at radius 3 is 2.64 bits per heavy atom. The van der Waals surface area contributed by atoms with Crippen molar-refractivity contribution in [2.45, 2.75) is 32.4 Å². The first-order valence-corrected chi connectivity index (χ1v) is 8.33. The number of amides is 2. The van der Waals surface area contributed by atoms with Gasteiger partial charge in [0.15, 0.2) is 5.96 Å². The zero-order valence-corrected chi connectivity index (χ0v) is 14.7. The predicted molar refractivity (Wildman–Crippen MR) is 88.1 cm³/mol. The highest BCUT2D eigenvalue weighted by atomic mass is 19.4. The maximum Gasteiger partial charge on any atom is 0.406 e. The van der Waals surface area contributed by atoms with Crippen molar-refractivity contribution in [1.29, 1.82) is 0 Å². The molecule has 10 heteroatoms. The molecule has 1 aliphatic rings. The van der Waals surface area contributed by atoms with Crippen LogP contribution in [0, 0.1) is 0 Å². The molecule has 144 valence electrons. The van der Waals surface area contributed by atoms with Gasteiger partial charge >= 0.3 is 6.18 Å². The van der Waals surface area contributed by atoms with Crippen molar-refractivity contribution in [2.24, 2.45) is 4.99 Å². The number of guanidine groups is 1. The summed E-state index contributed by atoms with van der Waals surface area (Å²) < 4.78 is 36.8. The van der Waals surface area contributed by atoms with E-state index in [0.29, 0.717) is 36.9 Å². The Bertz CT molecular complexity index is 482. The largest absolute Gasteiger partial charge is 0.406 e.